The standard InChI is InChI=1S/C23H23FN4O3S/c1-31-18-8-6-17(7-9-18)25-21(29)14-32-23-26-20-10-11-28(13-19(20)22(30)27-23)12-15-2-4-16(24)5-3-15/h2-9H,10-14H2,1H3,(H,25,29)(H,26,27,30). The van der Waals surface area contributed by atoms with E-state index in [1.807, 2.05) is 0 Å². The van der Waals surface area contributed by atoms with Gasteiger partial charge in [-0.25, -0.2) is 9.37 Å². The number of thioether (sulfide) groups is 1. The summed E-state index contributed by atoms with van der Waals surface area (Å²) in [5, 5.41) is 3.24. The lowest BCUT2D eigenvalue weighted by molar-refractivity contribution is -0.113. The van der Waals surface area contributed by atoms with Crippen LogP contribution in [0.2, 0.25) is 0 Å². The number of hydrogen-bond acceptors (Lipinski definition) is 6. The third kappa shape index (κ3) is 5.54. The van der Waals surface area contributed by atoms with Crippen LogP contribution in [0.25, 0.3) is 0 Å². The van der Waals surface area contributed by atoms with E-state index < -0.39 is 0 Å². The molecule has 0 saturated carbocycles. The Morgan fingerprint density at radius 1 is 1.22 bits per heavy atom. The maximum Gasteiger partial charge on any atom is 0.256 e. The van der Waals surface area contributed by atoms with Crippen molar-refractivity contribution in [2.24, 2.45) is 0 Å². The SMILES string of the molecule is COc1ccc(NC(=O)CSc2nc3c(c(=O)[nH]2)CN(Cc2ccc(F)cc2)CC3)cc1. The maximum atomic E-state index is 13.1. The summed E-state index contributed by atoms with van der Waals surface area (Å²) in [6, 6.07) is 13.4. The summed E-state index contributed by atoms with van der Waals surface area (Å²) < 4.78 is 18.2. The lowest BCUT2D eigenvalue weighted by Gasteiger charge is -2.27. The Hall–Kier alpha value is -3.17. The summed E-state index contributed by atoms with van der Waals surface area (Å²) in [5.41, 5.74) is 2.89. The zero-order chi connectivity index (χ0) is 22.5. The number of hydrogen-bond donors (Lipinski definition) is 2. The number of carbonyl (C=O) groups is 1. The second-order valence-electron chi connectivity index (χ2n) is 7.45. The summed E-state index contributed by atoms with van der Waals surface area (Å²) in [6.45, 7) is 1.88. The monoisotopic (exact) mass is 454 g/mol. The van der Waals surface area contributed by atoms with Crippen molar-refractivity contribution in [3.63, 3.8) is 0 Å². The minimum Gasteiger partial charge on any atom is -0.497 e. The van der Waals surface area contributed by atoms with E-state index in [1.54, 1.807) is 43.5 Å². The highest BCUT2D eigenvalue weighted by Gasteiger charge is 2.21. The quantitative estimate of drug-likeness (QED) is 0.421. The topological polar surface area (TPSA) is 87.3 Å². The van der Waals surface area contributed by atoms with Gasteiger partial charge >= 0.3 is 0 Å². The molecule has 1 aliphatic rings. The number of nitrogens with one attached hydrogen (secondary N) is 2. The number of rotatable bonds is 7. The van der Waals surface area contributed by atoms with Crippen LogP contribution in [0.4, 0.5) is 10.1 Å². The largest absolute Gasteiger partial charge is 0.497 e. The molecular weight excluding hydrogens is 431 g/mol. The average molecular weight is 455 g/mol. The zero-order valence-electron chi connectivity index (χ0n) is 17.6. The van der Waals surface area contributed by atoms with Gasteiger partial charge in [-0.3, -0.25) is 14.5 Å². The van der Waals surface area contributed by atoms with E-state index >= 15 is 0 Å². The van der Waals surface area contributed by atoms with Gasteiger partial charge in [-0.2, -0.15) is 0 Å². The Morgan fingerprint density at radius 2 is 1.97 bits per heavy atom. The number of carbonyl (C=O) groups excluding carboxylic acids is 1. The molecule has 4 rings (SSSR count). The van der Waals surface area contributed by atoms with E-state index in [1.165, 1.54) is 23.9 Å². The van der Waals surface area contributed by atoms with E-state index in [-0.39, 0.29) is 23.0 Å². The second-order valence-corrected chi connectivity index (χ2v) is 8.41. The molecule has 0 saturated heterocycles. The molecule has 2 N–H and O–H groups in total. The molecule has 0 unspecified atom stereocenters. The number of benzene rings is 2. The van der Waals surface area contributed by atoms with Crippen LogP contribution in [0.3, 0.4) is 0 Å². The highest BCUT2D eigenvalue weighted by molar-refractivity contribution is 7.99. The van der Waals surface area contributed by atoms with Gasteiger partial charge in [0, 0.05) is 31.7 Å². The lowest BCUT2D eigenvalue weighted by atomic mass is 10.1. The van der Waals surface area contributed by atoms with Crippen LogP contribution in [0.1, 0.15) is 16.8 Å². The molecule has 0 aliphatic carbocycles. The van der Waals surface area contributed by atoms with Crippen molar-refractivity contribution in [3.05, 3.63) is 81.5 Å². The number of fused-ring (bicyclic) bond motifs is 1. The van der Waals surface area contributed by atoms with Gasteiger partial charge in [0.2, 0.25) is 5.91 Å². The van der Waals surface area contributed by atoms with Crippen LogP contribution in [-0.2, 0) is 24.3 Å². The molecule has 166 valence electrons. The number of halogens is 1. The van der Waals surface area contributed by atoms with Crippen molar-refractivity contribution in [2.45, 2.75) is 24.7 Å². The summed E-state index contributed by atoms with van der Waals surface area (Å²) in [4.78, 5) is 34.4. The molecule has 9 heteroatoms. The van der Waals surface area contributed by atoms with Crippen molar-refractivity contribution in [3.8, 4) is 5.75 Å². The first-order valence-electron chi connectivity index (χ1n) is 10.2. The molecule has 7 nitrogen and oxygen atoms in total. The fourth-order valence-electron chi connectivity index (χ4n) is 3.51. The van der Waals surface area contributed by atoms with Gasteiger partial charge in [-0.05, 0) is 42.0 Å². The molecule has 3 aromatic rings. The number of aromatic nitrogens is 2. The molecule has 0 bridgehead atoms. The number of nitrogens with zero attached hydrogens (tertiary/aromatic N) is 2. The first-order chi connectivity index (χ1) is 15.5. The van der Waals surface area contributed by atoms with E-state index in [2.05, 4.69) is 20.2 Å². The molecular formula is C23H23FN4O3S. The number of anilines is 1. The van der Waals surface area contributed by atoms with E-state index in [0.717, 1.165) is 17.8 Å². The molecule has 0 fully saturated rings. The predicted molar refractivity (Wildman–Crippen MR) is 121 cm³/mol. The Morgan fingerprint density at radius 3 is 2.69 bits per heavy atom. The molecule has 1 amide bonds. The highest BCUT2D eigenvalue weighted by atomic mass is 32.2. The van der Waals surface area contributed by atoms with Gasteiger partial charge < -0.3 is 15.0 Å². The van der Waals surface area contributed by atoms with E-state index in [0.29, 0.717) is 41.7 Å². The third-order valence-electron chi connectivity index (χ3n) is 5.16. The minimum atomic E-state index is -0.263. The maximum absolute atomic E-state index is 13.1. The summed E-state index contributed by atoms with van der Waals surface area (Å²) in [7, 11) is 1.58. The van der Waals surface area contributed by atoms with Crippen molar-refractivity contribution in [1.82, 2.24) is 14.9 Å². The third-order valence-corrected chi connectivity index (χ3v) is 6.03. The fraction of sp³-hybridized carbons (Fsp3) is 0.261. The number of ether oxygens (including phenoxy) is 1. The van der Waals surface area contributed by atoms with Gasteiger partial charge in [0.1, 0.15) is 11.6 Å². The zero-order valence-corrected chi connectivity index (χ0v) is 18.4. The van der Waals surface area contributed by atoms with Crippen LogP contribution in [-0.4, -0.2) is 40.2 Å². The highest BCUT2D eigenvalue weighted by Crippen LogP contribution is 2.20. The molecule has 0 radical (unpaired) electrons. The molecule has 2 aromatic carbocycles. The first kappa shape index (κ1) is 22.0. The Balaban J connectivity index is 1.34. The normalized spacial score (nSPS) is 13.4. The molecule has 2 heterocycles. The first-order valence-corrected chi connectivity index (χ1v) is 11.1. The van der Waals surface area contributed by atoms with Crippen LogP contribution in [0.15, 0.2) is 58.5 Å². The predicted octanol–water partition coefficient (Wildman–Crippen LogP) is 3.21. The Bertz CT molecular complexity index is 1150. The summed E-state index contributed by atoms with van der Waals surface area (Å²) in [5.74, 6) is 0.390. The molecule has 1 aliphatic heterocycles. The van der Waals surface area contributed by atoms with Crippen LogP contribution in [0, 0.1) is 5.82 Å². The Kier molecular flexibility index (Phi) is 6.87. The van der Waals surface area contributed by atoms with E-state index in [4.69, 9.17) is 4.74 Å². The van der Waals surface area contributed by atoms with Gasteiger partial charge in [0.15, 0.2) is 5.16 Å². The number of methoxy groups -OCH3 is 1. The number of amides is 1. The van der Waals surface area contributed by atoms with Crippen LogP contribution >= 0.6 is 11.8 Å². The van der Waals surface area contributed by atoms with Crippen molar-refractivity contribution in [1.29, 1.82) is 0 Å². The minimum absolute atomic E-state index is 0.129. The van der Waals surface area contributed by atoms with Gasteiger partial charge in [-0.1, -0.05) is 23.9 Å². The Labute approximate surface area is 189 Å². The number of H-pyrrole nitrogens is 1. The summed E-state index contributed by atoms with van der Waals surface area (Å²) in [6.07, 6.45) is 0.645. The van der Waals surface area contributed by atoms with Crippen molar-refractivity contribution < 1.29 is 13.9 Å². The molecule has 32 heavy (non-hydrogen) atoms. The lowest BCUT2D eigenvalue weighted by Crippen LogP contribution is -2.35. The fourth-order valence-corrected chi connectivity index (χ4v) is 4.19. The summed E-state index contributed by atoms with van der Waals surface area (Å²) >= 11 is 1.19. The van der Waals surface area contributed by atoms with Crippen LogP contribution < -0.4 is 15.6 Å². The van der Waals surface area contributed by atoms with Gasteiger partial charge in [0.25, 0.3) is 5.56 Å². The number of aromatic amines is 1. The van der Waals surface area contributed by atoms with Crippen molar-refractivity contribution in [2.75, 3.05) is 24.7 Å². The average Bonchev–Trinajstić information content (AvgIpc) is 2.80. The van der Waals surface area contributed by atoms with Gasteiger partial charge in [0.05, 0.1) is 24.1 Å². The van der Waals surface area contributed by atoms with Crippen molar-refractivity contribution >= 4 is 23.4 Å². The van der Waals surface area contributed by atoms with Crippen LogP contribution in [0.5, 0.6) is 5.75 Å². The van der Waals surface area contributed by atoms with Gasteiger partial charge in [-0.15, -0.1) is 0 Å². The molecule has 1 aromatic heterocycles. The second kappa shape index (κ2) is 9.97. The molecule has 0 atom stereocenters. The molecule has 0 spiro atoms. The van der Waals surface area contributed by atoms with E-state index in [9.17, 15) is 14.0 Å². The smallest absolute Gasteiger partial charge is 0.256 e.